The Bertz CT molecular complexity index is 267. The van der Waals surface area contributed by atoms with E-state index < -0.39 is 11.4 Å². The van der Waals surface area contributed by atoms with Crippen molar-refractivity contribution >= 4 is 5.97 Å². The number of hydrogen-bond acceptors (Lipinski definition) is 2. The third-order valence-corrected chi connectivity index (χ3v) is 4.61. The van der Waals surface area contributed by atoms with E-state index in [1.54, 1.807) is 0 Å². The summed E-state index contributed by atoms with van der Waals surface area (Å²) in [6.45, 7) is 8.18. The normalized spacial score (nSPS) is 26.4. The Balaban J connectivity index is 2.38. The lowest BCUT2D eigenvalue weighted by Gasteiger charge is -2.27. The zero-order valence-electron chi connectivity index (χ0n) is 12.2. The van der Waals surface area contributed by atoms with Crippen molar-refractivity contribution < 1.29 is 9.90 Å². The van der Waals surface area contributed by atoms with Gasteiger partial charge < -0.3 is 5.11 Å². The molecule has 0 spiro atoms. The van der Waals surface area contributed by atoms with Crippen molar-refractivity contribution in [1.29, 1.82) is 0 Å². The van der Waals surface area contributed by atoms with Gasteiger partial charge in [0.15, 0.2) is 0 Å². The maximum atomic E-state index is 11.4. The minimum absolute atomic E-state index is 0.475. The molecule has 1 aliphatic rings. The van der Waals surface area contributed by atoms with E-state index >= 15 is 0 Å². The average Bonchev–Trinajstić information content (AvgIpc) is 2.80. The van der Waals surface area contributed by atoms with Crippen molar-refractivity contribution in [2.75, 3.05) is 13.1 Å². The summed E-state index contributed by atoms with van der Waals surface area (Å²) < 4.78 is 0. The van der Waals surface area contributed by atoms with Crippen LogP contribution in [0, 0.1) is 5.41 Å². The van der Waals surface area contributed by atoms with Gasteiger partial charge in [0.1, 0.15) is 0 Å². The van der Waals surface area contributed by atoms with Crippen LogP contribution in [0.4, 0.5) is 0 Å². The van der Waals surface area contributed by atoms with E-state index in [4.69, 9.17) is 0 Å². The van der Waals surface area contributed by atoms with Crippen LogP contribution in [0.5, 0.6) is 0 Å². The molecule has 0 aromatic carbocycles. The van der Waals surface area contributed by atoms with Crippen molar-refractivity contribution in [3.8, 4) is 0 Å². The van der Waals surface area contributed by atoms with Crippen molar-refractivity contribution in [3.05, 3.63) is 0 Å². The number of nitrogens with zero attached hydrogens (tertiary/aromatic N) is 1. The average molecular weight is 255 g/mol. The van der Waals surface area contributed by atoms with Crippen LogP contribution in [0.1, 0.15) is 65.7 Å². The van der Waals surface area contributed by atoms with Crippen LogP contribution >= 0.6 is 0 Å². The molecule has 1 rings (SSSR count). The van der Waals surface area contributed by atoms with Gasteiger partial charge in [-0.25, -0.2) is 0 Å². The molecule has 0 aliphatic carbocycles. The fraction of sp³-hybridized carbons (Fsp3) is 0.933. The molecule has 3 heteroatoms. The standard InChI is InChI=1S/C15H29NO2/c1-4-6-7-8-9-13(3)16-11-10-15(5-2,12-16)14(17)18/h13H,4-12H2,1-3H3,(H,17,18). The molecule has 0 bridgehead atoms. The summed E-state index contributed by atoms with van der Waals surface area (Å²) in [4.78, 5) is 13.8. The van der Waals surface area contributed by atoms with Crippen molar-refractivity contribution in [1.82, 2.24) is 4.90 Å². The second kappa shape index (κ2) is 7.13. The van der Waals surface area contributed by atoms with Gasteiger partial charge in [0.25, 0.3) is 0 Å². The number of rotatable bonds is 8. The van der Waals surface area contributed by atoms with Gasteiger partial charge >= 0.3 is 5.97 Å². The summed E-state index contributed by atoms with van der Waals surface area (Å²) in [6.07, 6.45) is 7.96. The highest BCUT2D eigenvalue weighted by Crippen LogP contribution is 2.35. The molecule has 1 N–H and O–H groups in total. The quantitative estimate of drug-likeness (QED) is 0.674. The third kappa shape index (κ3) is 3.71. The summed E-state index contributed by atoms with van der Waals surface area (Å²) in [5.74, 6) is -0.606. The van der Waals surface area contributed by atoms with E-state index in [9.17, 15) is 9.90 Å². The summed E-state index contributed by atoms with van der Waals surface area (Å²) >= 11 is 0. The van der Waals surface area contributed by atoms with Gasteiger partial charge in [0, 0.05) is 12.6 Å². The molecule has 106 valence electrons. The molecule has 0 aromatic heterocycles. The monoisotopic (exact) mass is 255 g/mol. The van der Waals surface area contributed by atoms with Gasteiger partial charge in [-0.3, -0.25) is 9.69 Å². The Morgan fingerprint density at radius 1 is 1.33 bits per heavy atom. The molecular formula is C15H29NO2. The van der Waals surface area contributed by atoms with E-state index in [0.717, 1.165) is 25.9 Å². The lowest BCUT2D eigenvalue weighted by molar-refractivity contribution is -0.148. The van der Waals surface area contributed by atoms with Crippen LogP contribution in [-0.2, 0) is 4.79 Å². The fourth-order valence-electron chi connectivity index (χ4n) is 2.94. The Hall–Kier alpha value is -0.570. The first-order valence-electron chi connectivity index (χ1n) is 7.53. The molecule has 18 heavy (non-hydrogen) atoms. The van der Waals surface area contributed by atoms with Gasteiger partial charge in [-0.2, -0.15) is 0 Å². The molecule has 2 atom stereocenters. The minimum Gasteiger partial charge on any atom is -0.481 e. The first-order valence-corrected chi connectivity index (χ1v) is 7.53. The number of unbranched alkanes of at least 4 members (excludes halogenated alkanes) is 3. The predicted octanol–water partition coefficient (Wildman–Crippen LogP) is 3.53. The predicted molar refractivity (Wildman–Crippen MR) is 74.8 cm³/mol. The number of carbonyl (C=O) groups is 1. The van der Waals surface area contributed by atoms with Gasteiger partial charge in [-0.15, -0.1) is 0 Å². The lowest BCUT2D eigenvalue weighted by atomic mass is 9.84. The maximum absolute atomic E-state index is 11.4. The summed E-state index contributed by atoms with van der Waals surface area (Å²) in [6, 6.07) is 0.537. The van der Waals surface area contributed by atoms with Crippen LogP contribution in [-0.4, -0.2) is 35.1 Å². The zero-order valence-corrected chi connectivity index (χ0v) is 12.2. The Morgan fingerprint density at radius 2 is 2.06 bits per heavy atom. The van der Waals surface area contributed by atoms with Crippen molar-refractivity contribution in [2.24, 2.45) is 5.41 Å². The minimum atomic E-state index is -0.606. The number of likely N-dealkylation sites (tertiary alicyclic amines) is 1. The van der Waals surface area contributed by atoms with Gasteiger partial charge in [0.05, 0.1) is 5.41 Å². The molecule has 2 unspecified atom stereocenters. The molecule has 1 aliphatic heterocycles. The molecule has 0 radical (unpaired) electrons. The van der Waals surface area contributed by atoms with Crippen LogP contribution in [0.25, 0.3) is 0 Å². The van der Waals surface area contributed by atoms with E-state index in [1.807, 2.05) is 6.92 Å². The zero-order chi connectivity index (χ0) is 13.6. The highest BCUT2D eigenvalue weighted by atomic mass is 16.4. The van der Waals surface area contributed by atoms with Gasteiger partial charge in [0.2, 0.25) is 0 Å². The van der Waals surface area contributed by atoms with Crippen LogP contribution in [0.3, 0.4) is 0 Å². The van der Waals surface area contributed by atoms with E-state index in [2.05, 4.69) is 18.7 Å². The number of aliphatic carboxylic acids is 1. The summed E-state index contributed by atoms with van der Waals surface area (Å²) in [5.41, 5.74) is -0.475. The molecule has 1 saturated heterocycles. The number of hydrogen-bond donors (Lipinski definition) is 1. The molecule has 0 saturated carbocycles. The van der Waals surface area contributed by atoms with Crippen LogP contribution in [0.2, 0.25) is 0 Å². The van der Waals surface area contributed by atoms with Crippen molar-refractivity contribution in [2.45, 2.75) is 71.8 Å². The fourth-order valence-corrected chi connectivity index (χ4v) is 2.94. The third-order valence-electron chi connectivity index (χ3n) is 4.61. The molecule has 0 aromatic rings. The Kier molecular flexibility index (Phi) is 6.13. The first-order chi connectivity index (χ1) is 8.55. The second-order valence-electron chi connectivity index (χ2n) is 5.86. The van der Waals surface area contributed by atoms with Crippen molar-refractivity contribution in [3.63, 3.8) is 0 Å². The first kappa shape index (κ1) is 15.5. The number of carboxylic acids is 1. The highest BCUT2D eigenvalue weighted by Gasteiger charge is 2.44. The second-order valence-corrected chi connectivity index (χ2v) is 5.86. The molecule has 0 amide bonds. The summed E-state index contributed by atoms with van der Waals surface area (Å²) in [7, 11) is 0. The Labute approximate surface area is 112 Å². The van der Waals surface area contributed by atoms with E-state index in [0.29, 0.717) is 6.04 Å². The smallest absolute Gasteiger partial charge is 0.310 e. The van der Waals surface area contributed by atoms with Gasteiger partial charge in [-0.05, 0) is 32.7 Å². The Morgan fingerprint density at radius 3 is 2.56 bits per heavy atom. The topological polar surface area (TPSA) is 40.5 Å². The highest BCUT2D eigenvalue weighted by molar-refractivity contribution is 5.75. The summed E-state index contributed by atoms with van der Waals surface area (Å²) in [5, 5.41) is 9.38. The van der Waals surface area contributed by atoms with Crippen LogP contribution < -0.4 is 0 Å². The van der Waals surface area contributed by atoms with Crippen LogP contribution in [0.15, 0.2) is 0 Å². The molecular weight excluding hydrogens is 226 g/mol. The SMILES string of the molecule is CCCCCCC(C)N1CCC(CC)(C(=O)O)C1. The van der Waals surface area contributed by atoms with E-state index in [1.165, 1.54) is 32.1 Å². The maximum Gasteiger partial charge on any atom is 0.310 e. The van der Waals surface area contributed by atoms with Gasteiger partial charge in [-0.1, -0.05) is 39.5 Å². The molecule has 1 fully saturated rings. The van der Waals surface area contributed by atoms with E-state index in [-0.39, 0.29) is 0 Å². The number of carboxylic acid groups (broad SMARTS) is 1. The largest absolute Gasteiger partial charge is 0.481 e. The molecule has 3 nitrogen and oxygen atoms in total. The lowest BCUT2D eigenvalue weighted by Crippen LogP contribution is -2.37. The molecule has 1 heterocycles.